The minimum atomic E-state index is -4.18. The van der Waals surface area contributed by atoms with Crippen LogP contribution in [0.25, 0.3) is 0 Å². The van der Waals surface area contributed by atoms with E-state index in [1.54, 1.807) is 0 Å². The maximum Gasteiger partial charge on any atom is 0.273 e. The van der Waals surface area contributed by atoms with Crippen molar-refractivity contribution in [3.8, 4) is 0 Å². The Kier molecular flexibility index (Phi) is 2.96. The topological polar surface area (TPSA) is 77.3 Å². The molecule has 0 aliphatic heterocycles. The van der Waals surface area contributed by atoms with Gasteiger partial charge in [-0.05, 0) is 6.92 Å². The predicted molar refractivity (Wildman–Crippen MR) is 50.8 cm³/mol. The molecule has 0 amide bonds. The minimum Gasteiger partial charge on any atom is -0.258 e. The largest absolute Gasteiger partial charge is 0.273 e. The first kappa shape index (κ1) is 11.9. The zero-order valence-corrected chi connectivity index (χ0v) is 8.97. The molecule has 1 aromatic rings. The lowest BCUT2D eigenvalue weighted by Crippen LogP contribution is -2.00. The van der Waals surface area contributed by atoms with Crippen molar-refractivity contribution in [1.29, 1.82) is 0 Å². The normalized spacial score (nSPS) is 11.4. The van der Waals surface area contributed by atoms with Crippen molar-refractivity contribution >= 4 is 25.4 Å². The number of halogens is 2. The van der Waals surface area contributed by atoms with Crippen LogP contribution in [-0.4, -0.2) is 13.3 Å². The summed E-state index contributed by atoms with van der Waals surface area (Å²) >= 11 is 0. The average Bonchev–Trinajstić information content (AvgIpc) is 2.06. The van der Waals surface area contributed by atoms with Gasteiger partial charge in [-0.3, -0.25) is 10.1 Å². The van der Waals surface area contributed by atoms with Crippen LogP contribution < -0.4 is 0 Å². The molecular weight excluding hydrogens is 249 g/mol. The van der Waals surface area contributed by atoms with Crippen molar-refractivity contribution in [3.63, 3.8) is 0 Å². The fourth-order valence-corrected chi connectivity index (χ4v) is 2.20. The smallest absolute Gasteiger partial charge is 0.258 e. The molecule has 0 saturated carbocycles. The Bertz CT molecular complexity index is 528. The molecule has 0 fully saturated rings. The highest BCUT2D eigenvalue weighted by atomic mass is 35.7. The second-order valence-electron chi connectivity index (χ2n) is 2.75. The number of hydrogen-bond donors (Lipinski definition) is 0. The molecule has 0 aromatic heterocycles. The van der Waals surface area contributed by atoms with Crippen LogP contribution in [0.5, 0.6) is 0 Å². The van der Waals surface area contributed by atoms with E-state index in [0.29, 0.717) is 6.07 Å². The fraction of sp³-hybridized carbons (Fsp3) is 0.143. The summed E-state index contributed by atoms with van der Waals surface area (Å²) in [6.07, 6.45) is 0. The first-order valence-corrected chi connectivity index (χ1v) is 5.93. The SMILES string of the molecule is Cc1c(F)cc([N+](=O)[O-])cc1S(=O)(=O)Cl. The molecule has 0 spiro atoms. The van der Waals surface area contributed by atoms with Crippen molar-refractivity contribution in [2.45, 2.75) is 11.8 Å². The van der Waals surface area contributed by atoms with E-state index < -0.39 is 30.4 Å². The van der Waals surface area contributed by atoms with Crippen molar-refractivity contribution in [3.05, 3.63) is 33.6 Å². The van der Waals surface area contributed by atoms with E-state index in [1.165, 1.54) is 6.92 Å². The zero-order chi connectivity index (χ0) is 11.8. The third-order valence-corrected chi connectivity index (χ3v) is 3.20. The number of benzene rings is 1. The maximum absolute atomic E-state index is 13.1. The molecule has 82 valence electrons. The monoisotopic (exact) mass is 253 g/mol. The summed E-state index contributed by atoms with van der Waals surface area (Å²) in [7, 11) is 0.811. The molecule has 15 heavy (non-hydrogen) atoms. The van der Waals surface area contributed by atoms with Crippen LogP contribution in [0.3, 0.4) is 0 Å². The summed E-state index contributed by atoms with van der Waals surface area (Å²) in [4.78, 5) is 8.86. The summed E-state index contributed by atoms with van der Waals surface area (Å²) in [5, 5.41) is 10.3. The Labute approximate surface area is 89.0 Å². The molecular formula is C7H5ClFNO4S. The molecule has 0 atom stereocenters. The zero-order valence-electron chi connectivity index (χ0n) is 7.40. The second kappa shape index (κ2) is 3.74. The molecule has 1 rings (SSSR count). The van der Waals surface area contributed by atoms with Crippen LogP contribution in [0, 0.1) is 22.9 Å². The first-order valence-electron chi connectivity index (χ1n) is 3.62. The van der Waals surface area contributed by atoms with Crippen LogP contribution in [0.1, 0.15) is 5.56 Å². The van der Waals surface area contributed by atoms with Gasteiger partial charge >= 0.3 is 0 Å². The summed E-state index contributed by atoms with van der Waals surface area (Å²) < 4.78 is 35.0. The highest BCUT2D eigenvalue weighted by Crippen LogP contribution is 2.26. The molecule has 0 unspecified atom stereocenters. The van der Waals surface area contributed by atoms with Crippen molar-refractivity contribution in [1.82, 2.24) is 0 Å². The minimum absolute atomic E-state index is 0.240. The fourth-order valence-electron chi connectivity index (χ4n) is 0.999. The molecule has 0 aliphatic rings. The van der Waals surface area contributed by atoms with E-state index in [-0.39, 0.29) is 5.56 Å². The molecule has 0 N–H and O–H groups in total. The van der Waals surface area contributed by atoms with Gasteiger partial charge < -0.3 is 0 Å². The van der Waals surface area contributed by atoms with Gasteiger partial charge in [-0.15, -0.1) is 0 Å². The van der Waals surface area contributed by atoms with Crippen molar-refractivity contribution in [2.24, 2.45) is 0 Å². The Balaban J connectivity index is 3.59. The van der Waals surface area contributed by atoms with E-state index in [0.717, 1.165) is 6.07 Å². The van der Waals surface area contributed by atoms with Gasteiger partial charge in [0.25, 0.3) is 14.7 Å². The van der Waals surface area contributed by atoms with Gasteiger partial charge in [-0.25, -0.2) is 12.8 Å². The first-order chi connectivity index (χ1) is 6.73. The highest BCUT2D eigenvalue weighted by molar-refractivity contribution is 8.13. The Hall–Kier alpha value is -1.21. The van der Waals surface area contributed by atoms with Gasteiger partial charge in [0.2, 0.25) is 0 Å². The van der Waals surface area contributed by atoms with Gasteiger partial charge in [0, 0.05) is 22.3 Å². The van der Waals surface area contributed by atoms with Crippen molar-refractivity contribution < 1.29 is 17.7 Å². The number of non-ortho nitro benzene ring substituents is 1. The third kappa shape index (κ3) is 2.42. The second-order valence-corrected chi connectivity index (χ2v) is 5.28. The summed E-state index contributed by atoms with van der Waals surface area (Å²) in [6.45, 7) is 1.17. The molecule has 1 aromatic carbocycles. The van der Waals surface area contributed by atoms with E-state index in [2.05, 4.69) is 0 Å². The van der Waals surface area contributed by atoms with Crippen LogP contribution in [0.4, 0.5) is 10.1 Å². The number of rotatable bonds is 2. The van der Waals surface area contributed by atoms with Gasteiger partial charge in [-0.1, -0.05) is 0 Å². The van der Waals surface area contributed by atoms with Crippen LogP contribution in [0.15, 0.2) is 17.0 Å². The third-order valence-electron chi connectivity index (χ3n) is 1.75. The Morgan fingerprint density at radius 2 is 2.00 bits per heavy atom. The molecule has 0 heterocycles. The van der Waals surface area contributed by atoms with Gasteiger partial charge in [0.1, 0.15) is 5.82 Å². The summed E-state index contributed by atoms with van der Waals surface area (Å²) in [5.74, 6) is -0.983. The average molecular weight is 254 g/mol. The molecule has 0 radical (unpaired) electrons. The van der Waals surface area contributed by atoms with Gasteiger partial charge in [-0.2, -0.15) is 0 Å². The van der Waals surface area contributed by atoms with Gasteiger partial charge in [0.05, 0.1) is 15.9 Å². The molecule has 5 nitrogen and oxygen atoms in total. The van der Waals surface area contributed by atoms with Crippen LogP contribution in [0.2, 0.25) is 0 Å². The lowest BCUT2D eigenvalue weighted by Gasteiger charge is -2.02. The Morgan fingerprint density at radius 1 is 1.47 bits per heavy atom. The predicted octanol–water partition coefficient (Wildman–Crippen LogP) is 1.97. The Morgan fingerprint density at radius 3 is 2.40 bits per heavy atom. The number of nitro groups is 1. The standard InChI is InChI=1S/C7H5ClFNO4S/c1-4-6(9)2-5(10(11)12)3-7(4)15(8,13)14/h2-3H,1H3. The lowest BCUT2D eigenvalue weighted by molar-refractivity contribution is -0.385. The molecule has 8 heteroatoms. The molecule has 0 saturated heterocycles. The van der Waals surface area contributed by atoms with Crippen LogP contribution in [-0.2, 0) is 9.05 Å². The van der Waals surface area contributed by atoms with E-state index in [9.17, 15) is 22.9 Å². The van der Waals surface area contributed by atoms with E-state index >= 15 is 0 Å². The quantitative estimate of drug-likeness (QED) is 0.459. The molecule has 0 bridgehead atoms. The number of hydrogen-bond acceptors (Lipinski definition) is 4. The summed E-state index contributed by atoms with van der Waals surface area (Å²) in [6, 6.07) is 1.36. The van der Waals surface area contributed by atoms with E-state index in [1.807, 2.05) is 0 Å². The number of nitro benzene ring substituents is 1. The molecule has 0 aliphatic carbocycles. The highest BCUT2D eigenvalue weighted by Gasteiger charge is 2.21. The van der Waals surface area contributed by atoms with Gasteiger partial charge in [0.15, 0.2) is 0 Å². The summed E-state index contributed by atoms with van der Waals surface area (Å²) in [5.41, 5.74) is -0.895. The van der Waals surface area contributed by atoms with Crippen molar-refractivity contribution in [2.75, 3.05) is 0 Å². The van der Waals surface area contributed by atoms with E-state index in [4.69, 9.17) is 10.7 Å². The van der Waals surface area contributed by atoms with Crippen LogP contribution >= 0.6 is 10.7 Å². The maximum atomic E-state index is 13.1. The lowest BCUT2D eigenvalue weighted by atomic mass is 10.2. The number of nitrogens with zero attached hydrogens (tertiary/aromatic N) is 1.